The number of amides is 2. The van der Waals surface area contributed by atoms with Crippen LogP contribution in [0.3, 0.4) is 0 Å². The van der Waals surface area contributed by atoms with E-state index in [0.29, 0.717) is 13.1 Å². The van der Waals surface area contributed by atoms with Crippen LogP contribution in [0.25, 0.3) is 0 Å². The Kier molecular flexibility index (Phi) is 3.83. The highest BCUT2D eigenvalue weighted by Gasteiger charge is 2.25. The molecular weight excluding hydrogens is 256 g/mol. The number of aliphatic hydroxyl groups excluding tert-OH is 1. The summed E-state index contributed by atoms with van der Waals surface area (Å²) in [4.78, 5) is 25.4. The number of nitrogens with zero attached hydrogens (tertiary/aromatic N) is 1. The Morgan fingerprint density at radius 3 is 3.00 bits per heavy atom. The highest BCUT2D eigenvalue weighted by molar-refractivity contribution is 7.10. The molecule has 2 rings (SSSR count). The van der Waals surface area contributed by atoms with E-state index < -0.39 is 24.6 Å². The second-order valence-electron chi connectivity index (χ2n) is 4.06. The third kappa shape index (κ3) is 2.62. The molecule has 2 amide bonds. The largest absolute Gasteiger partial charge is 0.480 e. The molecule has 18 heavy (non-hydrogen) atoms. The summed E-state index contributed by atoms with van der Waals surface area (Å²) in [6.45, 7) is 0.443. The molecule has 0 spiro atoms. The monoisotopic (exact) mass is 270 g/mol. The Labute approximate surface area is 108 Å². The normalized spacial score (nSPS) is 15.9. The lowest BCUT2D eigenvalue weighted by atomic mass is 10.1. The van der Waals surface area contributed by atoms with Gasteiger partial charge >= 0.3 is 12.0 Å². The van der Waals surface area contributed by atoms with E-state index >= 15 is 0 Å². The lowest BCUT2D eigenvalue weighted by molar-refractivity contribution is -0.140. The van der Waals surface area contributed by atoms with Gasteiger partial charge in [0.25, 0.3) is 0 Å². The summed E-state index contributed by atoms with van der Waals surface area (Å²) in [5, 5.41) is 21.9. The van der Waals surface area contributed by atoms with Gasteiger partial charge in [-0.1, -0.05) is 0 Å². The number of aliphatic hydroxyl groups is 1. The van der Waals surface area contributed by atoms with E-state index in [-0.39, 0.29) is 0 Å². The average Bonchev–Trinajstić information content (AvgIpc) is 2.82. The first kappa shape index (κ1) is 12.8. The number of hydrogen-bond donors (Lipinski definition) is 3. The summed E-state index contributed by atoms with van der Waals surface area (Å²) in [6, 6.07) is 0.273. The molecule has 1 aromatic rings. The first-order valence-corrected chi connectivity index (χ1v) is 6.44. The highest BCUT2D eigenvalue weighted by Crippen LogP contribution is 2.23. The number of hydrogen-bond acceptors (Lipinski definition) is 4. The van der Waals surface area contributed by atoms with Crippen LogP contribution in [-0.4, -0.2) is 46.3 Å². The zero-order valence-corrected chi connectivity index (χ0v) is 10.4. The molecule has 0 fully saturated rings. The number of fused-ring (bicyclic) bond motifs is 1. The maximum Gasteiger partial charge on any atom is 0.328 e. The van der Waals surface area contributed by atoms with Gasteiger partial charge in [0, 0.05) is 18.0 Å². The Morgan fingerprint density at radius 1 is 1.56 bits per heavy atom. The topological polar surface area (TPSA) is 89.9 Å². The smallest absolute Gasteiger partial charge is 0.328 e. The second-order valence-corrected chi connectivity index (χ2v) is 5.06. The fraction of sp³-hybridized carbons (Fsp3) is 0.455. The van der Waals surface area contributed by atoms with Crippen LogP contribution in [-0.2, 0) is 17.8 Å². The van der Waals surface area contributed by atoms with E-state index in [9.17, 15) is 9.59 Å². The standard InChI is InChI=1S/C11H14N2O4S/c14-6-8(10(15)16)12-11(17)13-3-1-9-7(5-13)2-4-18-9/h2,4,8,14H,1,3,5-6H2,(H,12,17)(H,15,16)/t8-/m1/s1. The minimum atomic E-state index is -1.25. The fourth-order valence-electron chi connectivity index (χ4n) is 1.85. The van der Waals surface area contributed by atoms with Gasteiger partial charge in [0.1, 0.15) is 0 Å². The van der Waals surface area contributed by atoms with Crippen molar-refractivity contribution in [1.82, 2.24) is 10.2 Å². The molecule has 0 bridgehead atoms. The molecule has 0 aromatic carbocycles. The van der Waals surface area contributed by atoms with E-state index in [1.807, 2.05) is 11.4 Å². The molecule has 3 N–H and O–H groups in total. The van der Waals surface area contributed by atoms with Crippen molar-refractivity contribution in [3.63, 3.8) is 0 Å². The fourth-order valence-corrected chi connectivity index (χ4v) is 2.74. The summed E-state index contributed by atoms with van der Waals surface area (Å²) in [5.41, 5.74) is 1.11. The van der Waals surface area contributed by atoms with E-state index in [1.165, 1.54) is 4.88 Å². The molecule has 1 atom stereocenters. The van der Waals surface area contributed by atoms with Crippen molar-refractivity contribution in [3.8, 4) is 0 Å². The molecule has 0 unspecified atom stereocenters. The third-order valence-corrected chi connectivity index (χ3v) is 3.90. The Morgan fingerprint density at radius 2 is 2.33 bits per heavy atom. The SMILES string of the molecule is O=C(O)[C@@H](CO)NC(=O)N1CCc2sccc2C1. The zero-order valence-electron chi connectivity index (χ0n) is 9.63. The van der Waals surface area contributed by atoms with Gasteiger partial charge in [-0.05, 0) is 23.4 Å². The molecule has 98 valence electrons. The van der Waals surface area contributed by atoms with Crippen molar-refractivity contribution in [2.24, 2.45) is 0 Å². The zero-order chi connectivity index (χ0) is 13.1. The molecule has 1 aromatic heterocycles. The van der Waals surface area contributed by atoms with Crippen molar-refractivity contribution in [1.29, 1.82) is 0 Å². The molecule has 0 radical (unpaired) electrons. The predicted molar refractivity (Wildman–Crippen MR) is 65.5 cm³/mol. The molecule has 1 aliphatic heterocycles. The molecule has 2 heterocycles. The van der Waals surface area contributed by atoms with E-state index in [2.05, 4.69) is 5.32 Å². The van der Waals surface area contributed by atoms with Crippen LogP contribution in [0.2, 0.25) is 0 Å². The van der Waals surface area contributed by atoms with Gasteiger partial charge in [-0.3, -0.25) is 0 Å². The number of rotatable bonds is 3. The van der Waals surface area contributed by atoms with Crippen molar-refractivity contribution < 1.29 is 19.8 Å². The highest BCUT2D eigenvalue weighted by atomic mass is 32.1. The number of aliphatic carboxylic acids is 1. The first-order valence-electron chi connectivity index (χ1n) is 5.56. The minimum absolute atomic E-state index is 0.451. The Hall–Kier alpha value is -1.60. The summed E-state index contributed by atoms with van der Waals surface area (Å²) < 4.78 is 0. The summed E-state index contributed by atoms with van der Waals surface area (Å²) in [7, 11) is 0. The van der Waals surface area contributed by atoms with Crippen LogP contribution >= 0.6 is 11.3 Å². The number of urea groups is 1. The molecule has 1 aliphatic rings. The van der Waals surface area contributed by atoms with Crippen LogP contribution in [0.5, 0.6) is 0 Å². The van der Waals surface area contributed by atoms with Gasteiger partial charge in [-0.25, -0.2) is 9.59 Å². The molecule has 0 aliphatic carbocycles. The Balaban J connectivity index is 1.97. The Bertz CT molecular complexity index is 460. The third-order valence-electron chi connectivity index (χ3n) is 2.87. The van der Waals surface area contributed by atoms with Gasteiger partial charge in [-0.15, -0.1) is 11.3 Å². The predicted octanol–water partition coefficient (Wildman–Crippen LogP) is 0.261. The lowest BCUT2D eigenvalue weighted by Gasteiger charge is -2.28. The van der Waals surface area contributed by atoms with Crippen molar-refractivity contribution in [3.05, 3.63) is 21.9 Å². The maximum absolute atomic E-state index is 11.8. The number of nitrogens with one attached hydrogen (secondary N) is 1. The van der Waals surface area contributed by atoms with Gasteiger partial charge < -0.3 is 20.4 Å². The average molecular weight is 270 g/mol. The summed E-state index contributed by atoms with van der Waals surface area (Å²) in [6.07, 6.45) is 0.789. The van der Waals surface area contributed by atoms with Gasteiger partial charge in [0.05, 0.1) is 6.61 Å². The van der Waals surface area contributed by atoms with Gasteiger partial charge in [-0.2, -0.15) is 0 Å². The number of carboxylic acid groups (broad SMARTS) is 1. The van der Waals surface area contributed by atoms with Gasteiger partial charge in [0.2, 0.25) is 0 Å². The quantitative estimate of drug-likeness (QED) is 0.735. The number of carbonyl (C=O) groups is 2. The van der Waals surface area contributed by atoms with E-state index in [0.717, 1.165) is 12.0 Å². The van der Waals surface area contributed by atoms with Crippen molar-refractivity contribution in [2.45, 2.75) is 19.0 Å². The maximum atomic E-state index is 11.8. The molecular formula is C11H14N2O4S. The second kappa shape index (κ2) is 5.36. The van der Waals surface area contributed by atoms with Crippen LogP contribution in [0, 0.1) is 0 Å². The lowest BCUT2D eigenvalue weighted by Crippen LogP contribution is -2.50. The van der Waals surface area contributed by atoms with Crippen LogP contribution < -0.4 is 5.32 Å². The summed E-state index contributed by atoms with van der Waals surface area (Å²) in [5.74, 6) is -1.24. The summed E-state index contributed by atoms with van der Waals surface area (Å²) >= 11 is 1.67. The van der Waals surface area contributed by atoms with E-state index in [4.69, 9.17) is 10.2 Å². The molecule has 7 heteroatoms. The van der Waals surface area contributed by atoms with Crippen LogP contribution in [0.15, 0.2) is 11.4 Å². The number of carbonyl (C=O) groups excluding carboxylic acids is 1. The van der Waals surface area contributed by atoms with Crippen LogP contribution in [0.4, 0.5) is 4.79 Å². The number of carboxylic acids is 1. The van der Waals surface area contributed by atoms with Crippen molar-refractivity contribution >= 4 is 23.3 Å². The van der Waals surface area contributed by atoms with Crippen molar-refractivity contribution in [2.75, 3.05) is 13.2 Å². The van der Waals surface area contributed by atoms with E-state index in [1.54, 1.807) is 16.2 Å². The van der Waals surface area contributed by atoms with Gasteiger partial charge in [0.15, 0.2) is 6.04 Å². The first-order chi connectivity index (χ1) is 8.61. The minimum Gasteiger partial charge on any atom is -0.480 e. The molecule has 0 saturated heterocycles. The molecule has 0 saturated carbocycles. The molecule has 6 nitrogen and oxygen atoms in total. The number of thiophene rings is 1. The van der Waals surface area contributed by atoms with Crippen LogP contribution in [0.1, 0.15) is 10.4 Å².